The van der Waals surface area contributed by atoms with Crippen LogP contribution < -0.4 is 0 Å². The van der Waals surface area contributed by atoms with Crippen molar-refractivity contribution < 1.29 is 14.3 Å². The maximum atomic E-state index is 13.8. The van der Waals surface area contributed by atoms with Crippen molar-refractivity contribution in [2.24, 2.45) is 12.5 Å². The lowest BCUT2D eigenvalue weighted by molar-refractivity contribution is -0.151. The average Bonchev–Trinajstić information content (AvgIpc) is 2.78. The lowest BCUT2D eigenvalue weighted by Gasteiger charge is -2.32. The van der Waals surface area contributed by atoms with Gasteiger partial charge < -0.3 is 9.67 Å². The van der Waals surface area contributed by atoms with Crippen LogP contribution in [-0.2, 0) is 18.3 Å². The first kappa shape index (κ1) is 14.0. The molecule has 1 heterocycles. The van der Waals surface area contributed by atoms with E-state index in [0.29, 0.717) is 36.1 Å². The number of halogens is 1. The van der Waals surface area contributed by atoms with Crippen LogP contribution in [0.5, 0.6) is 0 Å². The van der Waals surface area contributed by atoms with Crippen molar-refractivity contribution in [1.29, 1.82) is 0 Å². The molecule has 4 nitrogen and oxygen atoms in total. The minimum atomic E-state index is -0.755. The summed E-state index contributed by atoms with van der Waals surface area (Å²) in [5, 5.41) is 9.66. The zero-order valence-corrected chi connectivity index (χ0v) is 12.1. The molecule has 112 valence electrons. The molecule has 0 bridgehead atoms. The van der Waals surface area contributed by atoms with E-state index in [-0.39, 0.29) is 5.82 Å². The summed E-state index contributed by atoms with van der Waals surface area (Å²) in [5.74, 6) is -0.462. The fraction of sp³-hybridized carbons (Fsp3) is 0.500. The van der Waals surface area contributed by atoms with Crippen LogP contribution in [0.1, 0.15) is 37.9 Å². The lowest BCUT2D eigenvalue weighted by Crippen LogP contribution is -2.36. The molecule has 1 saturated carbocycles. The topological polar surface area (TPSA) is 55.1 Å². The monoisotopic (exact) mass is 290 g/mol. The van der Waals surface area contributed by atoms with Crippen LogP contribution in [0.25, 0.3) is 11.0 Å². The number of carbonyl (C=O) groups is 1. The van der Waals surface area contributed by atoms with Crippen LogP contribution in [0.15, 0.2) is 18.2 Å². The molecule has 3 rings (SSSR count). The van der Waals surface area contributed by atoms with Crippen LogP contribution in [-0.4, -0.2) is 20.6 Å². The molecule has 5 heteroatoms. The summed E-state index contributed by atoms with van der Waals surface area (Å²) in [4.78, 5) is 16.1. The number of nitrogens with zero attached hydrogens (tertiary/aromatic N) is 2. The number of carboxylic acid groups (broad SMARTS) is 1. The van der Waals surface area contributed by atoms with Gasteiger partial charge in [-0.3, -0.25) is 4.79 Å². The Hall–Kier alpha value is -1.91. The number of carboxylic acids is 1. The van der Waals surface area contributed by atoms with E-state index < -0.39 is 11.4 Å². The number of benzene rings is 1. The molecule has 0 aliphatic heterocycles. The van der Waals surface area contributed by atoms with Crippen LogP contribution in [0.2, 0.25) is 0 Å². The van der Waals surface area contributed by atoms with Gasteiger partial charge in [0.25, 0.3) is 0 Å². The molecule has 2 aromatic rings. The zero-order valence-electron chi connectivity index (χ0n) is 12.1. The molecule has 1 aliphatic carbocycles. The van der Waals surface area contributed by atoms with E-state index in [0.717, 1.165) is 19.3 Å². The van der Waals surface area contributed by atoms with E-state index in [1.54, 1.807) is 6.07 Å². The van der Waals surface area contributed by atoms with Crippen LogP contribution in [0, 0.1) is 11.2 Å². The Morgan fingerprint density at radius 3 is 2.71 bits per heavy atom. The third kappa shape index (κ3) is 2.30. The Morgan fingerprint density at radius 2 is 2.10 bits per heavy atom. The van der Waals surface area contributed by atoms with Crippen molar-refractivity contribution in [3.63, 3.8) is 0 Å². The van der Waals surface area contributed by atoms with Gasteiger partial charge >= 0.3 is 5.97 Å². The highest BCUT2D eigenvalue weighted by Crippen LogP contribution is 2.39. The van der Waals surface area contributed by atoms with Gasteiger partial charge in [-0.25, -0.2) is 9.37 Å². The second kappa shape index (κ2) is 5.13. The number of hydrogen-bond donors (Lipinski definition) is 1. The number of imidazole rings is 1. The number of rotatable bonds is 3. The van der Waals surface area contributed by atoms with E-state index in [4.69, 9.17) is 0 Å². The number of aryl methyl sites for hydroxylation is 1. The molecular weight excluding hydrogens is 271 g/mol. The standard InChI is InChI=1S/C16H19FN2O2/c1-19-12-7-5-6-11(17)14(12)18-13(19)10-16(15(20)21)8-3-2-4-9-16/h5-7H,2-4,8-10H2,1H3,(H,20,21). The van der Waals surface area contributed by atoms with Gasteiger partial charge in [0.2, 0.25) is 0 Å². The molecule has 1 aromatic carbocycles. The van der Waals surface area contributed by atoms with Crippen molar-refractivity contribution in [3.05, 3.63) is 29.8 Å². The molecule has 0 atom stereocenters. The number of hydrogen-bond acceptors (Lipinski definition) is 2. The predicted octanol–water partition coefficient (Wildman–Crippen LogP) is 3.29. The fourth-order valence-corrected chi connectivity index (χ4v) is 3.38. The van der Waals surface area contributed by atoms with Crippen LogP contribution in [0.3, 0.4) is 0 Å². The van der Waals surface area contributed by atoms with Gasteiger partial charge in [0, 0.05) is 13.5 Å². The molecule has 1 N–H and O–H groups in total. The molecule has 0 spiro atoms. The maximum absolute atomic E-state index is 13.8. The van der Waals surface area contributed by atoms with E-state index in [2.05, 4.69) is 4.98 Å². The van der Waals surface area contributed by atoms with Gasteiger partial charge in [-0.2, -0.15) is 0 Å². The quantitative estimate of drug-likeness (QED) is 0.943. The Bertz CT molecular complexity index is 687. The third-order valence-corrected chi connectivity index (χ3v) is 4.72. The van der Waals surface area contributed by atoms with E-state index in [1.165, 1.54) is 6.07 Å². The SMILES string of the molecule is Cn1c(CC2(C(=O)O)CCCCC2)nc2c(F)cccc21. The predicted molar refractivity (Wildman–Crippen MR) is 77.5 cm³/mol. The first-order valence-corrected chi connectivity index (χ1v) is 7.37. The zero-order chi connectivity index (χ0) is 15.0. The molecular formula is C16H19FN2O2. The second-order valence-electron chi connectivity index (χ2n) is 6.02. The van der Waals surface area contributed by atoms with Crippen molar-refractivity contribution in [1.82, 2.24) is 9.55 Å². The molecule has 0 amide bonds. The summed E-state index contributed by atoms with van der Waals surface area (Å²) in [7, 11) is 1.82. The van der Waals surface area contributed by atoms with Gasteiger partial charge in [-0.05, 0) is 25.0 Å². The number of aromatic nitrogens is 2. The summed E-state index contributed by atoms with van der Waals surface area (Å²) in [6.07, 6.45) is 4.68. The fourth-order valence-electron chi connectivity index (χ4n) is 3.38. The maximum Gasteiger partial charge on any atom is 0.310 e. The van der Waals surface area contributed by atoms with E-state index >= 15 is 0 Å². The first-order chi connectivity index (χ1) is 10.0. The molecule has 1 aliphatic rings. The molecule has 0 saturated heterocycles. The summed E-state index contributed by atoms with van der Waals surface area (Å²) in [6, 6.07) is 4.84. The van der Waals surface area contributed by atoms with Gasteiger partial charge in [-0.15, -0.1) is 0 Å². The van der Waals surface area contributed by atoms with Crippen molar-refractivity contribution >= 4 is 17.0 Å². The lowest BCUT2D eigenvalue weighted by atomic mass is 9.71. The van der Waals surface area contributed by atoms with E-state index in [1.807, 2.05) is 17.7 Å². The largest absolute Gasteiger partial charge is 0.481 e. The molecule has 1 fully saturated rings. The minimum absolute atomic E-state index is 0.325. The molecule has 1 aromatic heterocycles. The van der Waals surface area contributed by atoms with Crippen molar-refractivity contribution in [3.8, 4) is 0 Å². The number of fused-ring (bicyclic) bond motifs is 1. The van der Waals surface area contributed by atoms with Gasteiger partial charge in [0.15, 0.2) is 5.82 Å². The van der Waals surface area contributed by atoms with Crippen molar-refractivity contribution in [2.45, 2.75) is 38.5 Å². The summed E-state index contributed by atoms with van der Waals surface area (Å²) < 4.78 is 15.6. The van der Waals surface area contributed by atoms with Gasteiger partial charge in [0.05, 0.1) is 10.9 Å². The minimum Gasteiger partial charge on any atom is -0.481 e. The van der Waals surface area contributed by atoms with Crippen LogP contribution >= 0.6 is 0 Å². The third-order valence-electron chi connectivity index (χ3n) is 4.72. The van der Waals surface area contributed by atoms with Crippen molar-refractivity contribution in [2.75, 3.05) is 0 Å². The number of aliphatic carboxylic acids is 1. The Kier molecular flexibility index (Phi) is 3.43. The highest BCUT2D eigenvalue weighted by Gasteiger charge is 2.40. The highest BCUT2D eigenvalue weighted by molar-refractivity contribution is 5.78. The average molecular weight is 290 g/mol. The molecule has 0 unspecified atom stereocenters. The van der Waals surface area contributed by atoms with Gasteiger partial charge in [0.1, 0.15) is 11.3 Å². The second-order valence-corrected chi connectivity index (χ2v) is 6.02. The Balaban J connectivity index is 2.02. The smallest absolute Gasteiger partial charge is 0.310 e. The Labute approximate surface area is 122 Å². The first-order valence-electron chi connectivity index (χ1n) is 7.37. The van der Waals surface area contributed by atoms with Crippen LogP contribution in [0.4, 0.5) is 4.39 Å². The van der Waals surface area contributed by atoms with Gasteiger partial charge in [-0.1, -0.05) is 25.3 Å². The normalized spacial score (nSPS) is 18.0. The summed E-state index contributed by atoms with van der Waals surface area (Å²) in [6.45, 7) is 0. The summed E-state index contributed by atoms with van der Waals surface area (Å²) >= 11 is 0. The molecule has 21 heavy (non-hydrogen) atoms. The Morgan fingerprint density at radius 1 is 1.38 bits per heavy atom. The van der Waals surface area contributed by atoms with E-state index in [9.17, 15) is 14.3 Å². The highest BCUT2D eigenvalue weighted by atomic mass is 19.1. The number of para-hydroxylation sites is 1. The summed E-state index contributed by atoms with van der Waals surface area (Å²) in [5.41, 5.74) is 0.289. The molecule has 0 radical (unpaired) electrons.